The summed E-state index contributed by atoms with van der Waals surface area (Å²) in [5.74, 6) is -0.549. The second-order valence-corrected chi connectivity index (χ2v) is 7.16. The third kappa shape index (κ3) is 5.83. The van der Waals surface area contributed by atoms with Crippen LogP contribution in [-0.2, 0) is 10.1 Å². The van der Waals surface area contributed by atoms with E-state index < -0.39 is 16.0 Å². The topological polar surface area (TPSA) is 143 Å². The first kappa shape index (κ1) is 20.5. The molecule has 27 heavy (non-hydrogen) atoms. The lowest BCUT2D eigenvalue weighted by molar-refractivity contribution is 0.0706. The number of carbonyl (C=O) groups is 1. The van der Waals surface area contributed by atoms with Crippen molar-refractivity contribution in [2.45, 2.75) is 6.04 Å². The minimum absolute atomic E-state index is 0.343. The first-order valence-electron chi connectivity index (χ1n) is 7.77. The molecule has 0 bridgehead atoms. The minimum atomic E-state index is -3.67. The number of carbonyl (C=O) groups excluding carboxylic acids is 1. The molecule has 0 fully saturated rings. The van der Waals surface area contributed by atoms with Crippen molar-refractivity contribution >= 4 is 26.9 Å². The van der Waals surface area contributed by atoms with Crippen LogP contribution in [0, 0.1) is 0 Å². The summed E-state index contributed by atoms with van der Waals surface area (Å²) < 4.78 is 25.9. The van der Waals surface area contributed by atoms with Crippen molar-refractivity contribution < 1.29 is 23.0 Å². The van der Waals surface area contributed by atoms with Gasteiger partial charge in [-0.3, -0.25) is 19.5 Å². The van der Waals surface area contributed by atoms with Gasteiger partial charge in [-0.05, 0) is 29.3 Å². The van der Waals surface area contributed by atoms with Gasteiger partial charge < -0.3 is 5.73 Å². The second kappa shape index (κ2) is 8.69. The number of fused-ring (bicyclic) bond motifs is 1. The summed E-state index contributed by atoms with van der Waals surface area (Å²) in [6.45, 7) is 0. The Hall–Kier alpha value is -2.85. The van der Waals surface area contributed by atoms with Crippen LogP contribution in [0.2, 0.25) is 0 Å². The molecule has 2 aromatic carbocycles. The molecule has 1 unspecified atom stereocenters. The van der Waals surface area contributed by atoms with Crippen LogP contribution < -0.4 is 11.2 Å². The average molecular weight is 389 g/mol. The monoisotopic (exact) mass is 389 g/mol. The predicted molar refractivity (Wildman–Crippen MR) is 101 cm³/mol. The summed E-state index contributed by atoms with van der Waals surface area (Å²) in [6.07, 6.45) is 2.46. The maximum Gasteiger partial charge on any atom is 0.274 e. The van der Waals surface area contributed by atoms with Gasteiger partial charge in [-0.15, -0.1) is 0 Å². The number of nitrogens with zero attached hydrogens (tertiary/aromatic N) is 1. The fourth-order valence-corrected chi connectivity index (χ4v) is 2.46. The zero-order valence-electron chi connectivity index (χ0n) is 14.4. The van der Waals surface area contributed by atoms with Crippen LogP contribution in [0.4, 0.5) is 0 Å². The van der Waals surface area contributed by atoms with Gasteiger partial charge in [0.25, 0.3) is 16.0 Å². The van der Waals surface area contributed by atoms with Gasteiger partial charge in [-0.1, -0.05) is 36.4 Å². The van der Waals surface area contributed by atoms with Crippen molar-refractivity contribution in [2.75, 3.05) is 6.26 Å². The van der Waals surface area contributed by atoms with Gasteiger partial charge in [0.1, 0.15) is 0 Å². The van der Waals surface area contributed by atoms with E-state index in [-0.39, 0.29) is 6.04 Å². The third-order valence-corrected chi connectivity index (χ3v) is 3.63. The van der Waals surface area contributed by atoms with Crippen LogP contribution in [0.1, 0.15) is 27.5 Å². The van der Waals surface area contributed by atoms with Crippen molar-refractivity contribution in [2.24, 2.45) is 5.73 Å². The Morgan fingerprint density at radius 2 is 1.70 bits per heavy atom. The van der Waals surface area contributed by atoms with Crippen LogP contribution >= 0.6 is 0 Å². The zero-order chi connectivity index (χ0) is 20.0. The normalized spacial score (nSPS) is 12.0. The van der Waals surface area contributed by atoms with Gasteiger partial charge in [0.15, 0.2) is 0 Å². The van der Waals surface area contributed by atoms with E-state index in [4.69, 9.17) is 15.5 Å². The standard InChI is InChI=1S/C17H15N3O2.CH4O3S/c18-15(11-6-8-13(9-7-11)17(21)20-22)14-5-1-3-12-4-2-10-19-16(12)14;1-5(2,3)4/h1-10,15,22H,18H2,(H,20,21);1H3,(H,2,3,4). The molecule has 1 aromatic heterocycles. The Bertz CT molecular complexity index is 1020. The Balaban J connectivity index is 0.000000465. The van der Waals surface area contributed by atoms with Gasteiger partial charge in [0.05, 0.1) is 17.8 Å². The molecule has 0 spiro atoms. The summed E-state index contributed by atoms with van der Waals surface area (Å²) >= 11 is 0. The van der Waals surface area contributed by atoms with Crippen molar-refractivity contribution in [3.63, 3.8) is 0 Å². The summed E-state index contributed by atoms with van der Waals surface area (Å²) in [4.78, 5) is 15.7. The lowest BCUT2D eigenvalue weighted by atomic mass is 9.96. The molecular weight excluding hydrogens is 370 g/mol. The molecule has 1 heterocycles. The lowest BCUT2D eigenvalue weighted by Crippen LogP contribution is -2.19. The smallest absolute Gasteiger partial charge is 0.274 e. The molecule has 3 aromatic rings. The summed E-state index contributed by atoms with van der Waals surface area (Å²) in [6, 6.07) is 16.2. The van der Waals surface area contributed by atoms with E-state index >= 15 is 0 Å². The minimum Gasteiger partial charge on any atom is -0.320 e. The SMILES string of the molecule is CS(=O)(=O)O.NC(c1ccc(C(=O)NO)cc1)c1cccc2cccnc12. The lowest BCUT2D eigenvalue weighted by Gasteiger charge is -2.15. The van der Waals surface area contributed by atoms with Crippen molar-refractivity contribution in [1.29, 1.82) is 0 Å². The molecule has 5 N–H and O–H groups in total. The molecule has 142 valence electrons. The molecule has 0 aliphatic carbocycles. The van der Waals surface area contributed by atoms with Gasteiger partial charge in [-0.2, -0.15) is 8.42 Å². The van der Waals surface area contributed by atoms with Crippen molar-refractivity contribution in [1.82, 2.24) is 10.5 Å². The quantitative estimate of drug-likeness (QED) is 0.304. The second-order valence-electron chi connectivity index (χ2n) is 5.70. The molecule has 0 saturated heterocycles. The molecule has 9 heteroatoms. The number of amides is 1. The Morgan fingerprint density at radius 3 is 2.30 bits per heavy atom. The molecule has 0 saturated carbocycles. The largest absolute Gasteiger partial charge is 0.320 e. The number of para-hydroxylation sites is 1. The first-order valence-corrected chi connectivity index (χ1v) is 9.61. The van der Waals surface area contributed by atoms with E-state index in [1.807, 2.05) is 30.3 Å². The third-order valence-electron chi connectivity index (χ3n) is 3.63. The highest BCUT2D eigenvalue weighted by Gasteiger charge is 2.13. The molecule has 0 aliphatic rings. The van der Waals surface area contributed by atoms with E-state index in [1.165, 1.54) is 0 Å². The van der Waals surface area contributed by atoms with Crippen molar-refractivity contribution in [3.05, 3.63) is 77.5 Å². The number of nitrogens with two attached hydrogens (primary N) is 1. The molecule has 8 nitrogen and oxygen atoms in total. The highest BCUT2D eigenvalue weighted by atomic mass is 32.2. The Morgan fingerprint density at radius 1 is 1.11 bits per heavy atom. The maximum atomic E-state index is 11.3. The average Bonchev–Trinajstić information content (AvgIpc) is 2.65. The number of hydrogen-bond donors (Lipinski definition) is 4. The fraction of sp³-hybridized carbons (Fsp3) is 0.111. The number of nitrogens with one attached hydrogen (secondary N) is 1. The summed E-state index contributed by atoms with van der Waals surface area (Å²) in [5, 5.41) is 9.66. The molecule has 1 amide bonds. The van der Waals surface area contributed by atoms with Gasteiger partial charge in [0.2, 0.25) is 0 Å². The number of hydrogen-bond acceptors (Lipinski definition) is 6. The van der Waals surface area contributed by atoms with Crippen LogP contribution in [0.25, 0.3) is 10.9 Å². The Labute approximate surface area is 156 Å². The van der Waals surface area contributed by atoms with E-state index in [9.17, 15) is 13.2 Å². The van der Waals surface area contributed by atoms with Gasteiger partial charge >= 0.3 is 0 Å². The highest BCUT2D eigenvalue weighted by molar-refractivity contribution is 7.85. The molecular formula is C18H19N3O5S. The molecule has 0 aliphatic heterocycles. The van der Waals surface area contributed by atoms with Gasteiger partial charge in [-0.25, -0.2) is 5.48 Å². The Kier molecular flexibility index (Phi) is 6.59. The van der Waals surface area contributed by atoms with Gasteiger partial charge in [0, 0.05) is 17.1 Å². The molecule has 3 rings (SSSR count). The number of hydroxylamine groups is 1. The van der Waals surface area contributed by atoms with Crippen LogP contribution in [0.15, 0.2) is 60.8 Å². The van der Waals surface area contributed by atoms with Crippen LogP contribution in [0.3, 0.4) is 0 Å². The highest BCUT2D eigenvalue weighted by Crippen LogP contribution is 2.26. The number of aromatic nitrogens is 1. The van der Waals surface area contributed by atoms with E-state index in [0.717, 1.165) is 22.0 Å². The predicted octanol–water partition coefficient (Wildman–Crippen LogP) is 1.91. The van der Waals surface area contributed by atoms with E-state index in [1.54, 1.807) is 35.9 Å². The first-order chi connectivity index (χ1) is 12.7. The molecule has 0 radical (unpaired) electrons. The number of benzene rings is 2. The van der Waals surface area contributed by atoms with Crippen LogP contribution in [-0.4, -0.2) is 35.3 Å². The zero-order valence-corrected chi connectivity index (χ0v) is 15.2. The van der Waals surface area contributed by atoms with Crippen LogP contribution in [0.5, 0.6) is 0 Å². The summed E-state index contributed by atoms with van der Waals surface area (Å²) in [7, 11) is -3.67. The summed E-state index contributed by atoms with van der Waals surface area (Å²) in [5.41, 5.74) is 11.0. The number of rotatable bonds is 3. The van der Waals surface area contributed by atoms with E-state index in [2.05, 4.69) is 4.98 Å². The fourth-order valence-electron chi connectivity index (χ4n) is 2.46. The number of pyridine rings is 1. The van der Waals surface area contributed by atoms with E-state index in [0.29, 0.717) is 11.8 Å². The maximum absolute atomic E-state index is 11.3. The van der Waals surface area contributed by atoms with Crippen molar-refractivity contribution in [3.8, 4) is 0 Å². The molecule has 1 atom stereocenters.